The van der Waals surface area contributed by atoms with Crippen molar-refractivity contribution < 1.29 is 13.6 Å². The van der Waals surface area contributed by atoms with Crippen molar-refractivity contribution in [1.29, 1.82) is 0 Å². The first kappa shape index (κ1) is 20.4. The molecule has 5 nitrogen and oxygen atoms in total. The molecular formula is C25H14Cl2O5. The Morgan fingerprint density at radius 1 is 0.750 bits per heavy atom. The van der Waals surface area contributed by atoms with Gasteiger partial charge >= 0.3 is 11.3 Å². The third-order valence-corrected chi connectivity index (χ3v) is 5.78. The molecule has 0 fully saturated rings. The van der Waals surface area contributed by atoms with Gasteiger partial charge in [-0.3, -0.25) is 0 Å². The average Bonchev–Trinajstić information content (AvgIpc) is 2.78. The molecule has 0 spiro atoms. The fourth-order valence-corrected chi connectivity index (χ4v) is 3.82. The predicted octanol–water partition coefficient (Wildman–Crippen LogP) is 6.45. The van der Waals surface area contributed by atoms with Crippen LogP contribution in [-0.4, -0.2) is 0 Å². The van der Waals surface area contributed by atoms with Crippen LogP contribution in [0.2, 0.25) is 10.0 Å². The van der Waals surface area contributed by atoms with Crippen molar-refractivity contribution in [3.63, 3.8) is 0 Å². The minimum absolute atomic E-state index is 0.251. The number of para-hydroxylation sites is 1. The largest absolute Gasteiger partial charge is 0.489 e. The minimum atomic E-state index is -0.582. The summed E-state index contributed by atoms with van der Waals surface area (Å²) in [7, 11) is 0. The maximum absolute atomic E-state index is 12.6. The summed E-state index contributed by atoms with van der Waals surface area (Å²) >= 11 is 12.0. The predicted molar refractivity (Wildman–Crippen MR) is 125 cm³/mol. The molecule has 0 N–H and O–H groups in total. The minimum Gasteiger partial charge on any atom is -0.489 e. The van der Waals surface area contributed by atoms with Crippen molar-refractivity contribution >= 4 is 45.1 Å². The SMILES string of the molecule is O=c1cc(-c2cc3ccccc3oc2=O)c2ccc(OCc3ccc(Cl)c(Cl)c3)cc2o1. The van der Waals surface area contributed by atoms with E-state index >= 15 is 0 Å². The van der Waals surface area contributed by atoms with Crippen LogP contribution in [0.15, 0.2) is 91.2 Å². The summed E-state index contributed by atoms with van der Waals surface area (Å²) in [6, 6.07) is 20.5. The van der Waals surface area contributed by atoms with Gasteiger partial charge in [-0.05, 0) is 42.0 Å². The van der Waals surface area contributed by atoms with E-state index in [1.807, 2.05) is 18.2 Å². The van der Waals surface area contributed by atoms with Crippen LogP contribution < -0.4 is 16.0 Å². The van der Waals surface area contributed by atoms with E-state index in [2.05, 4.69) is 0 Å². The molecule has 0 aliphatic carbocycles. The number of hydrogen-bond donors (Lipinski definition) is 0. The highest BCUT2D eigenvalue weighted by molar-refractivity contribution is 6.42. The zero-order valence-electron chi connectivity index (χ0n) is 16.4. The lowest BCUT2D eigenvalue weighted by Gasteiger charge is -2.10. The molecule has 0 aliphatic rings. The molecule has 0 bridgehead atoms. The number of halogens is 2. The van der Waals surface area contributed by atoms with Crippen LogP contribution in [0.3, 0.4) is 0 Å². The van der Waals surface area contributed by atoms with Gasteiger partial charge in [0, 0.05) is 28.5 Å². The monoisotopic (exact) mass is 464 g/mol. The van der Waals surface area contributed by atoms with Gasteiger partial charge in [-0.2, -0.15) is 0 Å². The molecule has 2 aromatic heterocycles. The first-order chi connectivity index (χ1) is 15.5. The first-order valence-corrected chi connectivity index (χ1v) is 10.4. The van der Waals surface area contributed by atoms with Crippen molar-refractivity contribution in [2.75, 3.05) is 0 Å². The van der Waals surface area contributed by atoms with Crippen LogP contribution in [0.25, 0.3) is 33.1 Å². The second-order valence-electron chi connectivity index (χ2n) is 7.16. The molecule has 0 aliphatic heterocycles. The van der Waals surface area contributed by atoms with Crippen molar-refractivity contribution in [1.82, 2.24) is 0 Å². The number of fused-ring (bicyclic) bond motifs is 2. The van der Waals surface area contributed by atoms with Crippen molar-refractivity contribution in [3.8, 4) is 16.9 Å². The summed E-state index contributed by atoms with van der Waals surface area (Å²) in [4.78, 5) is 24.9. The number of ether oxygens (including phenoxy) is 1. The second kappa shape index (κ2) is 8.19. The summed E-state index contributed by atoms with van der Waals surface area (Å²) in [6.45, 7) is 0.251. The Kier molecular flexibility index (Phi) is 5.21. The third kappa shape index (κ3) is 3.88. The van der Waals surface area contributed by atoms with Gasteiger partial charge in [-0.15, -0.1) is 0 Å². The van der Waals surface area contributed by atoms with Gasteiger partial charge in [0.25, 0.3) is 0 Å². The Morgan fingerprint density at radius 2 is 1.59 bits per heavy atom. The standard InChI is InChI=1S/C25H14Cl2O5/c26-20-8-5-14(9-21(20)27)13-30-16-6-7-17-18(12-24(28)31-23(17)11-16)19-10-15-3-1-2-4-22(15)32-25(19)29/h1-12H,13H2. The van der Waals surface area contributed by atoms with Gasteiger partial charge in [0.15, 0.2) is 0 Å². The maximum Gasteiger partial charge on any atom is 0.344 e. The zero-order chi connectivity index (χ0) is 22.2. The topological polar surface area (TPSA) is 69.7 Å². The van der Waals surface area contributed by atoms with Crippen LogP contribution in [0.1, 0.15) is 5.56 Å². The quantitative estimate of drug-likeness (QED) is 0.285. The first-order valence-electron chi connectivity index (χ1n) is 9.66. The second-order valence-corrected chi connectivity index (χ2v) is 7.97. The molecule has 5 rings (SSSR count). The molecule has 0 amide bonds. The van der Waals surface area contributed by atoms with Gasteiger partial charge in [-0.1, -0.05) is 47.5 Å². The summed E-state index contributed by atoms with van der Waals surface area (Å²) in [6.07, 6.45) is 0. The third-order valence-electron chi connectivity index (χ3n) is 5.04. The van der Waals surface area contributed by atoms with Crippen LogP contribution >= 0.6 is 23.2 Å². The molecule has 0 radical (unpaired) electrons. The molecule has 2 heterocycles. The highest BCUT2D eigenvalue weighted by Gasteiger charge is 2.14. The Hall–Kier alpha value is -3.54. The molecule has 0 saturated heterocycles. The van der Waals surface area contributed by atoms with Gasteiger partial charge < -0.3 is 13.6 Å². The Balaban J connectivity index is 1.54. The summed E-state index contributed by atoms with van der Waals surface area (Å²) < 4.78 is 16.6. The van der Waals surface area contributed by atoms with Crippen molar-refractivity contribution in [2.24, 2.45) is 0 Å². The normalized spacial score (nSPS) is 11.2. The molecule has 3 aromatic carbocycles. The van der Waals surface area contributed by atoms with E-state index in [0.717, 1.165) is 10.9 Å². The van der Waals surface area contributed by atoms with E-state index in [1.165, 1.54) is 6.07 Å². The maximum atomic E-state index is 12.6. The molecule has 7 heteroatoms. The highest BCUT2D eigenvalue weighted by Crippen LogP contribution is 2.30. The van der Waals surface area contributed by atoms with Crippen LogP contribution in [0, 0.1) is 0 Å². The lowest BCUT2D eigenvalue weighted by Crippen LogP contribution is -2.06. The van der Waals surface area contributed by atoms with Gasteiger partial charge in [0.05, 0.1) is 15.6 Å². The Bertz CT molecular complexity index is 1600. The van der Waals surface area contributed by atoms with E-state index in [-0.39, 0.29) is 12.2 Å². The van der Waals surface area contributed by atoms with Crippen LogP contribution in [0.4, 0.5) is 0 Å². The van der Waals surface area contributed by atoms with Gasteiger partial charge in [0.1, 0.15) is 23.5 Å². The zero-order valence-corrected chi connectivity index (χ0v) is 17.9. The van der Waals surface area contributed by atoms with E-state index in [0.29, 0.717) is 37.9 Å². The summed E-state index contributed by atoms with van der Waals surface area (Å²) in [5.41, 5.74) is 1.22. The molecule has 32 heavy (non-hydrogen) atoms. The Morgan fingerprint density at radius 3 is 2.44 bits per heavy atom. The Labute approximate surface area is 191 Å². The number of hydrogen-bond acceptors (Lipinski definition) is 5. The molecule has 158 valence electrons. The average molecular weight is 465 g/mol. The molecule has 5 aromatic rings. The number of rotatable bonds is 4. The van der Waals surface area contributed by atoms with Crippen LogP contribution in [0.5, 0.6) is 5.75 Å². The van der Waals surface area contributed by atoms with Gasteiger partial charge in [0.2, 0.25) is 0 Å². The summed E-state index contributed by atoms with van der Waals surface area (Å²) in [5, 5.41) is 2.25. The fraction of sp³-hybridized carbons (Fsp3) is 0.0400. The molecule has 0 unspecified atom stereocenters. The lowest BCUT2D eigenvalue weighted by atomic mass is 10.0. The molecule has 0 saturated carbocycles. The smallest absolute Gasteiger partial charge is 0.344 e. The summed E-state index contributed by atoms with van der Waals surface area (Å²) in [5.74, 6) is 0.495. The lowest BCUT2D eigenvalue weighted by molar-refractivity contribution is 0.306. The van der Waals surface area contributed by atoms with E-state index in [9.17, 15) is 9.59 Å². The highest BCUT2D eigenvalue weighted by atomic mass is 35.5. The number of benzene rings is 3. The van der Waals surface area contributed by atoms with E-state index in [4.69, 9.17) is 36.8 Å². The molecular weight excluding hydrogens is 451 g/mol. The van der Waals surface area contributed by atoms with Crippen molar-refractivity contribution in [3.05, 3.63) is 109 Å². The van der Waals surface area contributed by atoms with E-state index in [1.54, 1.807) is 48.5 Å². The van der Waals surface area contributed by atoms with Crippen LogP contribution in [-0.2, 0) is 6.61 Å². The fourth-order valence-electron chi connectivity index (χ4n) is 3.50. The molecule has 0 atom stereocenters. The van der Waals surface area contributed by atoms with Gasteiger partial charge in [-0.25, -0.2) is 9.59 Å². The van der Waals surface area contributed by atoms with Crippen molar-refractivity contribution in [2.45, 2.75) is 6.61 Å². The van der Waals surface area contributed by atoms with E-state index < -0.39 is 11.3 Å².